The number of carbonyl (C=O) groups is 1. The highest BCUT2D eigenvalue weighted by Crippen LogP contribution is 2.15. The van der Waals surface area contributed by atoms with Crippen LogP contribution < -0.4 is 15.8 Å². The number of hydrogen-bond acceptors (Lipinski definition) is 9. The van der Waals surface area contributed by atoms with Gasteiger partial charge in [-0.25, -0.2) is 21.6 Å². The molecule has 1 saturated heterocycles. The minimum atomic E-state index is -3.80. The molecule has 1 aromatic carbocycles. The van der Waals surface area contributed by atoms with Gasteiger partial charge in [0.1, 0.15) is 9.84 Å². The van der Waals surface area contributed by atoms with Crippen LogP contribution in [0, 0.1) is 0 Å². The molecule has 0 aliphatic carbocycles. The molecule has 45 heavy (non-hydrogen) atoms. The summed E-state index contributed by atoms with van der Waals surface area (Å²) in [5, 5.41) is 19.6. The molecule has 0 spiro atoms. The molecule has 1 atom stereocenters. The van der Waals surface area contributed by atoms with Gasteiger partial charge in [-0.05, 0) is 50.5 Å². The summed E-state index contributed by atoms with van der Waals surface area (Å²) < 4.78 is 47.3. The number of anilines is 1. The topological polar surface area (TPSA) is 176 Å². The van der Waals surface area contributed by atoms with Crippen LogP contribution in [0.1, 0.15) is 129 Å². The normalized spacial score (nSPS) is 14.5. The minimum Gasteiger partial charge on any atom is -0.399 e. The van der Waals surface area contributed by atoms with Crippen LogP contribution in [-0.2, 0) is 24.7 Å². The van der Waals surface area contributed by atoms with Crippen molar-refractivity contribution in [2.45, 2.75) is 140 Å². The Morgan fingerprint density at radius 1 is 0.822 bits per heavy atom. The van der Waals surface area contributed by atoms with Gasteiger partial charge < -0.3 is 21.3 Å². The second kappa shape index (κ2) is 27.4. The first-order valence-corrected chi connectivity index (χ1v) is 20.3. The van der Waals surface area contributed by atoms with E-state index in [4.69, 9.17) is 15.9 Å². The van der Waals surface area contributed by atoms with Crippen molar-refractivity contribution < 1.29 is 31.8 Å². The van der Waals surface area contributed by atoms with E-state index in [1.807, 2.05) is 6.92 Å². The lowest BCUT2D eigenvalue weighted by molar-refractivity contribution is -0.119. The first-order valence-electron chi connectivity index (χ1n) is 17.0. The molecule has 1 unspecified atom stereocenters. The van der Waals surface area contributed by atoms with Crippen LogP contribution in [0.3, 0.4) is 0 Å². The number of sulfonamides is 1. The van der Waals surface area contributed by atoms with Gasteiger partial charge >= 0.3 is 0 Å². The molecule has 0 saturated carbocycles. The van der Waals surface area contributed by atoms with Gasteiger partial charge in [-0.15, -0.1) is 0 Å². The van der Waals surface area contributed by atoms with E-state index in [-0.39, 0.29) is 30.6 Å². The number of nitrogens with two attached hydrogens (primary N) is 1. The lowest BCUT2D eigenvalue weighted by Crippen LogP contribution is -2.31. The Kier molecular flexibility index (Phi) is 26.3. The van der Waals surface area contributed by atoms with E-state index in [1.165, 1.54) is 101 Å². The number of carbonyl (C=O) groups excluding carboxylic acids is 1. The summed E-state index contributed by atoms with van der Waals surface area (Å²) in [4.78, 5) is 12.0. The molecule has 1 fully saturated rings. The maximum Gasteiger partial charge on any atom is 0.264 e. The summed E-state index contributed by atoms with van der Waals surface area (Å²) in [7, 11) is -6.35. The molecule has 1 aliphatic rings. The molecular weight excluding hydrogens is 615 g/mol. The summed E-state index contributed by atoms with van der Waals surface area (Å²) in [6.07, 6.45) is 20.9. The molecule has 264 valence electrons. The second-order valence-electron chi connectivity index (χ2n) is 11.9. The number of amides is 1. The molecule has 0 radical (unpaired) electrons. The first-order chi connectivity index (χ1) is 21.5. The van der Waals surface area contributed by atoms with Gasteiger partial charge in [0, 0.05) is 24.7 Å². The monoisotopic (exact) mass is 677 g/mol. The average Bonchev–Trinajstić information content (AvgIpc) is 3.42. The highest BCUT2D eigenvalue weighted by atomic mass is 32.2. The molecule has 10 nitrogen and oxygen atoms in total. The van der Waals surface area contributed by atoms with E-state index in [0.29, 0.717) is 23.7 Å². The Bertz CT molecular complexity index is 1050. The van der Waals surface area contributed by atoms with Gasteiger partial charge in [-0.1, -0.05) is 96.8 Å². The van der Waals surface area contributed by atoms with Gasteiger partial charge in [-0.2, -0.15) is 0 Å². The van der Waals surface area contributed by atoms with Crippen LogP contribution in [0.25, 0.3) is 0 Å². The number of hydrogen-bond donors (Lipinski definition) is 5. The smallest absolute Gasteiger partial charge is 0.264 e. The Balaban J connectivity index is 0.00000104. The zero-order valence-electron chi connectivity index (χ0n) is 28.0. The molecule has 0 bridgehead atoms. The first kappa shape index (κ1) is 43.3. The number of nitrogens with one attached hydrogen (secondary N) is 2. The number of nitrogen functional groups attached to an aromatic ring is 1. The van der Waals surface area contributed by atoms with Crippen LogP contribution in [-0.4, -0.2) is 70.3 Å². The van der Waals surface area contributed by atoms with E-state index in [1.54, 1.807) is 0 Å². The van der Waals surface area contributed by atoms with Crippen LogP contribution >= 0.6 is 0 Å². The van der Waals surface area contributed by atoms with Gasteiger partial charge in [0.2, 0.25) is 5.91 Å². The van der Waals surface area contributed by atoms with E-state index in [2.05, 4.69) is 17.0 Å². The van der Waals surface area contributed by atoms with Gasteiger partial charge in [0.15, 0.2) is 0 Å². The fourth-order valence-electron chi connectivity index (χ4n) is 4.69. The largest absolute Gasteiger partial charge is 0.399 e. The zero-order valence-corrected chi connectivity index (χ0v) is 29.6. The third-order valence-electron chi connectivity index (χ3n) is 7.49. The molecule has 1 heterocycles. The second-order valence-corrected chi connectivity index (χ2v) is 15.9. The van der Waals surface area contributed by atoms with Gasteiger partial charge in [0.25, 0.3) is 10.0 Å². The molecule has 1 aromatic rings. The summed E-state index contributed by atoms with van der Waals surface area (Å²) in [5.74, 6) is 0.404. The van der Waals surface area contributed by atoms with Crippen molar-refractivity contribution in [1.82, 2.24) is 10.0 Å². The predicted molar refractivity (Wildman–Crippen MR) is 185 cm³/mol. The van der Waals surface area contributed by atoms with Crippen molar-refractivity contribution in [3.63, 3.8) is 0 Å². The summed E-state index contributed by atoms with van der Waals surface area (Å²) in [6, 6.07) is 5.92. The van der Waals surface area contributed by atoms with Gasteiger partial charge in [0.05, 0.1) is 29.6 Å². The maximum atomic E-state index is 12.1. The van der Waals surface area contributed by atoms with E-state index >= 15 is 0 Å². The van der Waals surface area contributed by atoms with E-state index < -0.39 is 25.8 Å². The summed E-state index contributed by atoms with van der Waals surface area (Å²) in [6.45, 7) is 4.93. The van der Waals surface area contributed by atoms with Crippen molar-refractivity contribution in [1.29, 1.82) is 0 Å². The molecule has 1 amide bonds. The average molecular weight is 678 g/mol. The number of unbranched alkanes of at least 4 members (excludes halogenated alkanes) is 14. The Morgan fingerprint density at radius 2 is 1.27 bits per heavy atom. The maximum absolute atomic E-state index is 12.1. The Morgan fingerprint density at radius 3 is 1.64 bits per heavy atom. The minimum absolute atomic E-state index is 0.0570. The summed E-state index contributed by atoms with van der Waals surface area (Å²) in [5.41, 5.74) is 6.04. The number of benzene rings is 1. The third-order valence-corrected chi connectivity index (χ3v) is 10.7. The Hall–Kier alpha value is -1.73. The summed E-state index contributed by atoms with van der Waals surface area (Å²) >= 11 is 0. The molecule has 2 rings (SSSR count). The van der Waals surface area contributed by atoms with Crippen molar-refractivity contribution in [2.24, 2.45) is 0 Å². The Labute approximate surface area is 274 Å². The number of sulfone groups is 1. The molecule has 6 N–H and O–H groups in total. The lowest BCUT2D eigenvalue weighted by Gasteiger charge is -2.07. The van der Waals surface area contributed by atoms with Crippen molar-refractivity contribution in [3.05, 3.63) is 24.3 Å². The molecule has 12 heteroatoms. The number of aliphatic hydroxyl groups excluding tert-OH is 2. The van der Waals surface area contributed by atoms with Crippen LogP contribution in [0.4, 0.5) is 5.69 Å². The number of rotatable bonds is 22. The fourth-order valence-corrected chi connectivity index (χ4v) is 7.19. The highest BCUT2D eigenvalue weighted by molar-refractivity contribution is 7.91. The van der Waals surface area contributed by atoms with Crippen LogP contribution in [0.5, 0.6) is 0 Å². The molecule has 0 aromatic heterocycles. The standard InChI is InChI=1S/C24H42N2O3S.C5H13NO2.C4H8O2S/c1-2-3-4-5-6-7-8-9-10-11-12-13-14-15-16-17-24(27)26-30(28,29)23-20-18-22(25)19-21-23;1-5(4-8)6-2-3-7;5-7(6)3-1-2-4-7/h18-21H,2-17,25H2,1H3,(H,26,27);5-8H,2-4H2,1H3;1-4H2. The van der Waals surface area contributed by atoms with Gasteiger partial charge in [-0.3, -0.25) is 4.79 Å². The quantitative estimate of drug-likeness (QED) is 0.0786. The molecular formula is C33H63N3O7S2. The SMILES string of the molecule is CC(CO)NCCO.CCCCCCCCCCCCCCCCCC(=O)NS(=O)(=O)c1ccc(N)cc1.O=S1(=O)CCCC1. The van der Waals surface area contributed by atoms with Crippen molar-refractivity contribution in [2.75, 3.05) is 37.0 Å². The van der Waals surface area contributed by atoms with Crippen LogP contribution in [0.2, 0.25) is 0 Å². The number of aliphatic hydroxyl groups is 2. The zero-order chi connectivity index (χ0) is 33.8. The fraction of sp³-hybridized carbons (Fsp3) is 0.788. The van der Waals surface area contributed by atoms with E-state index in [0.717, 1.165) is 32.1 Å². The predicted octanol–water partition coefficient (Wildman–Crippen LogP) is 5.48. The van der Waals surface area contributed by atoms with Crippen molar-refractivity contribution in [3.8, 4) is 0 Å². The van der Waals surface area contributed by atoms with Crippen molar-refractivity contribution >= 4 is 31.5 Å². The molecule has 1 aliphatic heterocycles. The lowest BCUT2D eigenvalue weighted by atomic mass is 10.0. The van der Waals surface area contributed by atoms with E-state index in [9.17, 15) is 21.6 Å². The van der Waals surface area contributed by atoms with Crippen LogP contribution in [0.15, 0.2) is 29.2 Å². The third kappa shape index (κ3) is 26.1. The highest BCUT2D eigenvalue weighted by Gasteiger charge is 2.17.